The maximum absolute atomic E-state index is 11.1. The van der Waals surface area contributed by atoms with Crippen LogP contribution in [0, 0.1) is 0 Å². The van der Waals surface area contributed by atoms with E-state index < -0.39 is 0 Å². The third-order valence-electron chi connectivity index (χ3n) is 1.40. The summed E-state index contributed by atoms with van der Waals surface area (Å²) < 4.78 is 1.49. The minimum absolute atomic E-state index is 0.0668. The van der Waals surface area contributed by atoms with Gasteiger partial charge in [0.1, 0.15) is 0 Å². The molecule has 0 saturated heterocycles. The Balaban J connectivity index is 2.90. The Morgan fingerprint density at radius 2 is 2.58 bits per heavy atom. The highest BCUT2D eigenvalue weighted by atomic mass is 35.5. The first kappa shape index (κ1) is 9.00. The molecule has 1 rings (SSSR count). The van der Waals surface area contributed by atoms with Crippen molar-refractivity contribution in [2.45, 2.75) is 13.5 Å². The van der Waals surface area contributed by atoms with E-state index in [4.69, 9.17) is 11.6 Å². The van der Waals surface area contributed by atoms with Crippen molar-refractivity contribution in [3.05, 3.63) is 40.1 Å². The van der Waals surface area contributed by atoms with Crippen molar-refractivity contribution in [1.29, 1.82) is 0 Å². The Morgan fingerprint density at radius 1 is 1.83 bits per heavy atom. The standard InChI is InChI=1S/C8H9ClN2O/c1-7(4-9)5-11-6-10-3-2-8(11)12/h2-4,6H,5H2,1H3/b7-4-. The molecule has 0 unspecified atom stereocenters. The van der Waals surface area contributed by atoms with Crippen LogP contribution in [0.5, 0.6) is 0 Å². The summed E-state index contributed by atoms with van der Waals surface area (Å²) in [6.45, 7) is 2.35. The van der Waals surface area contributed by atoms with Crippen LogP contribution in [0.15, 0.2) is 34.5 Å². The molecule has 3 nitrogen and oxygen atoms in total. The largest absolute Gasteiger partial charge is 0.295 e. The number of allylic oxidation sites excluding steroid dienone is 1. The van der Waals surface area contributed by atoms with Gasteiger partial charge in [-0.15, -0.1) is 0 Å². The smallest absolute Gasteiger partial charge is 0.253 e. The number of hydrogen-bond acceptors (Lipinski definition) is 2. The van der Waals surface area contributed by atoms with Gasteiger partial charge in [-0.2, -0.15) is 0 Å². The maximum atomic E-state index is 11.1. The monoisotopic (exact) mass is 184 g/mol. The van der Waals surface area contributed by atoms with Gasteiger partial charge in [0.2, 0.25) is 0 Å². The van der Waals surface area contributed by atoms with E-state index in [0.29, 0.717) is 6.54 Å². The van der Waals surface area contributed by atoms with E-state index in [2.05, 4.69) is 4.98 Å². The van der Waals surface area contributed by atoms with Gasteiger partial charge in [-0.05, 0) is 12.5 Å². The van der Waals surface area contributed by atoms with Crippen molar-refractivity contribution in [2.75, 3.05) is 0 Å². The van der Waals surface area contributed by atoms with E-state index >= 15 is 0 Å². The average Bonchev–Trinajstić information content (AvgIpc) is 2.09. The molecule has 0 spiro atoms. The van der Waals surface area contributed by atoms with Crippen molar-refractivity contribution < 1.29 is 0 Å². The molecule has 1 heterocycles. The second kappa shape index (κ2) is 4.07. The first-order valence-corrected chi connectivity index (χ1v) is 3.94. The molecule has 0 radical (unpaired) electrons. The lowest BCUT2D eigenvalue weighted by Gasteiger charge is -2.02. The van der Waals surface area contributed by atoms with Gasteiger partial charge in [-0.3, -0.25) is 9.36 Å². The lowest BCUT2D eigenvalue weighted by atomic mass is 10.3. The van der Waals surface area contributed by atoms with Gasteiger partial charge >= 0.3 is 0 Å². The quantitative estimate of drug-likeness (QED) is 0.696. The Hall–Kier alpha value is -1.09. The SMILES string of the molecule is C/C(=C/Cl)Cn1cnccc1=O. The van der Waals surface area contributed by atoms with Crippen LogP contribution in [0.1, 0.15) is 6.92 Å². The lowest BCUT2D eigenvalue weighted by molar-refractivity contribution is 0.726. The van der Waals surface area contributed by atoms with Crippen LogP contribution >= 0.6 is 11.6 Å². The second-order valence-corrected chi connectivity index (χ2v) is 2.72. The topological polar surface area (TPSA) is 34.9 Å². The van der Waals surface area contributed by atoms with Crippen molar-refractivity contribution in [2.24, 2.45) is 0 Å². The number of hydrogen-bond donors (Lipinski definition) is 0. The van der Waals surface area contributed by atoms with Crippen LogP contribution in [0.2, 0.25) is 0 Å². The number of aromatic nitrogens is 2. The molecule has 0 bridgehead atoms. The number of halogens is 1. The van der Waals surface area contributed by atoms with Gasteiger partial charge in [0, 0.05) is 24.3 Å². The van der Waals surface area contributed by atoms with Crippen LogP contribution in [-0.2, 0) is 6.54 Å². The van der Waals surface area contributed by atoms with E-state index in [-0.39, 0.29) is 5.56 Å². The highest BCUT2D eigenvalue weighted by molar-refractivity contribution is 6.25. The highest BCUT2D eigenvalue weighted by Gasteiger charge is 1.94. The second-order valence-electron chi connectivity index (χ2n) is 2.50. The Labute approximate surface area is 75.3 Å². The minimum atomic E-state index is -0.0668. The molecule has 0 atom stereocenters. The predicted molar refractivity (Wildman–Crippen MR) is 48.1 cm³/mol. The Bertz CT molecular complexity index is 343. The summed E-state index contributed by atoms with van der Waals surface area (Å²) in [6.07, 6.45) is 2.96. The van der Waals surface area contributed by atoms with E-state index in [0.717, 1.165) is 5.57 Å². The fourth-order valence-corrected chi connectivity index (χ4v) is 0.869. The molecular weight excluding hydrogens is 176 g/mol. The van der Waals surface area contributed by atoms with Crippen molar-refractivity contribution >= 4 is 11.6 Å². The molecule has 64 valence electrons. The molecule has 1 aromatic heterocycles. The maximum Gasteiger partial charge on any atom is 0.253 e. The zero-order chi connectivity index (χ0) is 8.97. The molecule has 0 aliphatic rings. The van der Waals surface area contributed by atoms with E-state index in [1.165, 1.54) is 28.7 Å². The first-order chi connectivity index (χ1) is 5.74. The van der Waals surface area contributed by atoms with E-state index in [1.54, 1.807) is 0 Å². The molecule has 0 fully saturated rings. The molecule has 0 aliphatic carbocycles. The van der Waals surface area contributed by atoms with Crippen LogP contribution in [0.4, 0.5) is 0 Å². The third kappa shape index (κ3) is 2.20. The molecule has 0 N–H and O–H groups in total. The molecule has 4 heteroatoms. The molecule has 0 aliphatic heterocycles. The summed E-state index contributed by atoms with van der Waals surface area (Å²) in [5, 5.41) is 0. The summed E-state index contributed by atoms with van der Waals surface area (Å²) in [5.74, 6) is 0. The summed E-state index contributed by atoms with van der Waals surface area (Å²) in [6, 6.07) is 1.42. The molecular formula is C8H9ClN2O. The summed E-state index contributed by atoms with van der Waals surface area (Å²) in [7, 11) is 0. The summed E-state index contributed by atoms with van der Waals surface area (Å²) in [5.41, 5.74) is 2.31. The van der Waals surface area contributed by atoms with E-state index in [9.17, 15) is 4.79 Å². The summed E-state index contributed by atoms with van der Waals surface area (Å²) >= 11 is 5.46. The fraction of sp³-hybridized carbons (Fsp3) is 0.250. The predicted octanol–water partition coefficient (Wildman–Crippen LogP) is 1.39. The Kier molecular flexibility index (Phi) is 3.05. The molecule has 0 aromatic carbocycles. The van der Waals surface area contributed by atoms with E-state index in [1.807, 2.05) is 6.92 Å². The first-order valence-electron chi connectivity index (χ1n) is 3.50. The molecule has 12 heavy (non-hydrogen) atoms. The number of nitrogens with zero attached hydrogens (tertiary/aromatic N) is 2. The molecule has 0 amide bonds. The van der Waals surface area contributed by atoms with Crippen molar-refractivity contribution in [3.8, 4) is 0 Å². The van der Waals surface area contributed by atoms with Gasteiger partial charge in [0.25, 0.3) is 5.56 Å². The zero-order valence-electron chi connectivity index (χ0n) is 6.70. The minimum Gasteiger partial charge on any atom is -0.295 e. The van der Waals surface area contributed by atoms with Crippen LogP contribution in [0.3, 0.4) is 0 Å². The summed E-state index contributed by atoms with van der Waals surface area (Å²) in [4.78, 5) is 14.9. The lowest BCUT2D eigenvalue weighted by Crippen LogP contribution is -2.19. The van der Waals surface area contributed by atoms with Gasteiger partial charge < -0.3 is 0 Å². The average molecular weight is 185 g/mol. The normalized spacial score (nSPS) is 11.7. The Morgan fingerprint density at radius 3 is 3.17 bits per heavy atom. The zero-order valence-corrected chi connectivity index (χ0v) is 7.45. The van der Waals surface area contributed by atoms with Crippen molar-refractivity contribution in [1.82, 2.24) is 9.55 Å². The number of rotatable bonds is 2. The third-order valence-corrected chi connectivity index (χ3v) is 1.77. The van der Waals surface area contributed by atoms with Gasteiger partial charge in [-0.25, -0.2) is 4.98 Å². The molecule has 0 saturated carbocycles. The highest BCUT2D eigenvalue weighted by Crippen LogP contribution is 1.96. The molecule has 1 aromatic rings. The van der Waals surface area contributed by atoms with Crippen LogP contribution in [-0.4, -0.2) is 9.55 Å². The van der Waals surface area contributed by atoms with Crippen LogP contribution < -0.4 is 5.56 Å². The van der Waals surface area contributed by atoms with Gasteiger partial charge in [0.15, 0.2) is 0 Å². The van der Waals surface area contributed by atoms with Gasteiger partial charge in [0.05, 0.1) is 6.33 Å². The fourth-order valence-electron chi connectivity index (χ4n) is 0.800. The van der Waals surface area contributed by atoms with Crippen molar-refractivity contribution in [3.63, 3.8) is 0 Å². The van der Waals surface area contributed by atoms with Gasteiger partial charge in [-0.1, -0.05) is 11.6 Å². The van der Waals surface area contributed by atoms with Crippen LogP contribution in [0.25, 0.3) is 0 Å².